The van der Waals surface area contributed by atoms with Crippen LogP contribution in [0.25, 0.3) is 0 Å². The van der Waals surface area contributed by atoms with Crippen molar-refractivity contribution in [2.24, 2.45) is 0 Å². The average molecular weight is 215 g/mol. The van der Waals surface area contributed by atoms with Gasteiger partial charge in [-0.15, -0.1) is 12.3 Å². The standard InChI is InChI=1S/C14H17NO/c1-2-3-12-15-14(16)11-7-10-13-8-5-4-6-9-13/h1,4-6,8-9H,3,7,10-12H2,(H,15,16). The van der Waals surface area contributed by atoms with Crippen molar-refractivity contribution in [2.45, 2.75) is 25.7 Å². The first kappa shape index (κ1) is 12.3. The van der Waals surface area contributed by atoms with Crippen LogP contribution in [-0.2, 0) is 11.2 Å². The number of rotatable bonds is 6. The zero-order chi connectivity index (χ0) is 11.6. The van der Waals surface area contributed by atoms with Gasteiger partial charge >= 0.3 is 0 Å². The molecule has 16 heavy (non-hydrogen) atoms. The number of carbonyl (C=O) groups is 1. The highest BCUT2D eigenvalue weighted by Gasteiger charge is 2.00. The highest BCUT2D eigenvalue weighted by molar-refractivity contribution is 5.75. The molecule has 0 aromatic heterocycles. The van der Waals surface area contributed by atoms with Gasteiger partial charge in [-0.1, -0.05) is 30.3 Å². The van der Waals surface area contributed by atoms with Crippen LogP contribution in [0, 0.1) is 12.3 Å². The first-order chi connectivity index (χ1) is 7.83. The second kappa shape index (κ2) is 7.53. The molecule has 2 heteroatoms. The van der Waals surface area contributed by atoms with Crippen LogP contribution in [0.2, 0.25) is 0 Å². The van der Waals surface area contributed by atoms with E-state index in [1.54, 1.807) is 0 Å². The van der Waals surface area contributed by atoms with Crippen LogP contribution < -0.4 is 5.32 Å². The summed E-state index contributed by atoms with van der Waals surface area (Å²) in [5.41, 5.74) is 1.28. The molecule has 0 heterocycles. The number of carbonyl (C=O) groups excluding carboxylic acids is 1. The molecule has 84 valence electrons. The molecule has 0 saturated heterocycles. The van der Waals surface area contributed by atoms with E-state index in [1.165, 1.54) is 5.56 Å². The zero-order valence-corrected chi connectivity index (χ0v) is 9.41. The van der Waals surface area contributed by atoms with Crippen molar-refractivity contribution in [1.29, 1.82) is 0 Å². The number of hydrogen-bond acceptors (Lipinski definition) is 1. The number of nitrogens with one attached hydrogen (secondary N) is 1. The summed E-state index contributed by atoms with van der Waals surface area (Å²) < 4.78 is 0. The second-order valence-electron chi connectivity index (χ2n) is 3.64. The minimum Gasteiger partial charge on any atom is -0.355 e. The van der Waals surface area contributed by atoms with Crippen LogP contribution in [0.5, 0.6) is 0 Å². The van der Waals surface area contributed by atoms with E-state index in [9.17, 15) is 4.79 Å². The Bertz CT molecular complexity index is 351. The van der Waals surface area contributed by atoms with Crippen molar-refractivity contribution >= 4 is 5.91 Å². The molecule has 0 aliphatic rings. The highest BCUT2D eigenvalue weighted by Crippen LogP contribution is 2.04. The second-order valence-corrected chi connectivity index (χ2v) is 3.64. The third kappa shape index (κ3) is 5.21. The Balaban J connectivity index is 2.12. The molecule has 1 N–H and O–H groups in total. The van der Waals surface area contributed by atoms with Gasteiger partial charge in [0.15, 0.2) is 0 Å². The van der Waals surface area contributed by atoms with Crippen LogP contribution >= 0.6 is 0 Å². The fraction of sp³-hybridized carbons (Fsp3) is 0.357. The molecule has 0 radical (unpaired) electrons. The van der Waals surface area contributed by atoms with Gasteiger partial charge in [-0.3, -0.25) is 4.79 Å². The van der Waals surface area contributed by atoms with Crippen molar-refractivity contribution in [3.05, 3.63) is 35.9 Å². The minimum absolute atomic E-state index is 0.0891. The Morgan fingerprint density at radius 1 is 1.31 bits per heavy atom. The predicted molar refractivity (Wildman–Crippen MR) is 65.8 cm³/mol. The smallest absolute Gasteiger partial charge is 0.220 e. The number of amides is 1. The van der Waals surface area contributed by atoms with Crippen LogP contribution in [0.1, 0.15) is 24.8 Å². The van der Waals surface area contributed by atoms with Gasteiger partial charge in [0.2, 0.25) is 5.91 Å². The summed E-state index contributed by atoms with van der Waals surface area (Å²) in [6.07, 6.45) is 8.09. The molecular weight excluding hydrogens is 198 g/mol. The molecule has 2 nitrogen and oxygen atoms in total. The van der Waals surface area contributed by atoms with Crippen LogP contribution in [0.15, 0.2) is 30.3 Å². The summed E-state index contributed by atoms with van der Waals surface area (Å²) in [4.78, 5) is 11.3. The molecule has 0 atom stereocenters. The largest absolute Gasteiger partial charge is 0.355 e. The van der Waals surface area contributed by atoms with E-state index in [4.69, 9.17) is 6.42 Å². The molecule has 0 aliphatic carbocycles. The Hall–Kier alpha value is -1.75. The van der Waals surface area contributed by atoms with Gasteiger partial charge in [-0.2, -0.15) is 0 Å². The summed E-state index contributed by atoms with van der Waals surface area (Å²) >= 11 is 0. The lowest BCUT2D eigenvalue weighted by molar-refractivity contribution is -0.121. The third-order valence-electron chi connectivity index (χ3n) is 2.30. The van der Waals surface area contributed by atoms with Crippen molar-refractivity contribution in [1.82, 2.24) is 5.32 Å². The zero-order valence-electron chi connectivity index (χ0n) is 9.41. The van der Waals surface area contributed by atoms with Gasteiger partial charge in [0, 0.05) is 19.4 Å². The van der Waals surface area contributed by atoms with Crippen LogP contribution in [0.4, 0.5) is 0 Å². The number of terminal acetylenes is 1. The predicted octanol–water partition coefficient (Wildman–Crippen LogP) is 2.15. The molecule has 1 amide bonds. The maximum atomic E-state index is 11.3. The minimum atomic E-state index is 0.0891. The van der Waals surface area contributed by atoms with Gasteiger partial charge in [-0.05, 0) is 18.4 Å². The van der Waals surface area contributed by atoms with E-state index in [1.807, 2.05) is 18.2 Å². The van der Waals surface area contributed by atoms with E-state index >= 15 is 0 Å². The van der Waals surface area contributed by atoms with E-state index in [2.05, 4.69) is 23.4 Å². The molecule has 1 rings (SSSR count). The molecule has 0 unspecified atom stereocenters. The summed E-state index contributed by atoms with van der Waals surface area (Å²) in [5.74, 6) is 2.58. The van der Waals surface area contributed by atoms with Gasteiger partial charge in [0.05, 0.1) is 0 Å². The molecule has 0 fully saturated rings. The summed E-state index contributed by atoms with van der Waals surface area (Å²) in [7, 11) is 0. The van der Waals surface area contributed by atoms with Gasteiger partial charge < -0.3 is 5.32 Å². The number of benzene rings is 1. The number of hydrogen-bond donors (Lipinski definition) is 1. The molecule has 0 bridgehead atoms. The van der Waals surface area contributed by atoms with Gasteiger partial charge in [-0.25, -0.2) is 0 Å². The van der Waals surface area contributed by atoms with Crippen molar-refractivity contribution < 1.29 is 4.79 Å². The van der Waals surface area contributed by atoms with Crippen LogP contribution in [0.3, 0.4) is 0 Å². The molecule has 0 aliphatic heterocycles. The van der Waals surface area contributed by atoms with Gasteiger partial charge in [0.1, 0.15) is 0 Å². The van der Waals surface area contributed by atoms with Crippen molar-refractivity contribution in [2.75, 3.05) is 6.54 Å². The maximum absolute atomic E-state index is 11.3. The monoisotopic (exact) mass is 215 g/mol. The lowest BCUT2D eigenvalue weighted by atomic mass is 10.1. The quantitative estimate of drug-likeness (QED) is 0.571. The molecule has 0 saturated carbocycles. The lowest BCUT2D eigenvalue weighted by Gasteiger charge is -2.03. The normalized spacial score (nSPS) is 9.44. The summed E-state index contributed by atoms with van der Waals surface area (Å²) in [5, 5.41) is 2.79. The molecule has 1 aromatic rings. The topological polar surface area (TPSA) is 29.1 Å². The fourth-order valence-electron chi connectivity index (χ4n) is 1.46. The summed E-state index contributed by atoms with van der Waals surface area (Å²) in [6, 6.07) is 10.2. The fourth-order valence-corrected chi connectivity index (χ4v) is 1.46. The van der Waals surface area contributed by atoms with E-state index in [0.717, 1.165) is 12.8 Å². The Morgan fingerprint density at radius 3 is 2.75 bits per heavy atom. The Labute approximate surface area is 97.1 Å². The highest BCUT2D eigenvalue weighted by atomic mass is 16.1. The Morgan fingerprint density at radius 2 is 2.06 bits per heavy atom. The first-order valence-electron chi connectivity index (χ1n) is 5.57. The van der Waals surface area contributed by atoms with Crippen LogP contribution in [-0.4, -0.2) is 12.5 Å². The average Bonchev–Trinajstić information content (AvgIpc) is 2.31. The number of aryl methyl sites for hydroxylation is 1. The van der Waals surface area contributed by atoms with Gasteiger partial charge in [0.25, 0.3) is 0 Å². The van der Waals surface area contributed by atoms with Crippen molar-refractivity contribution in [3.8, 4) is 12.3 Å². The van der Waals surface area contributed by atoms with E-state index in [-0.39, 0.29) is 5.91 Å². The van der Waals surface area contributed by atoms with E-state index in [0.29, 0.717) is 19.4 Å². The Kier molecular flexibility index (Phi) is 5.80. The maximum Gasteiger partial charge on any atom is 0.220 e. The molecular formula is C14H17NO. The summed E-state index contributed by atoms with van der Waals surface area (Å²) in [6.45, 7) is 0.584. The molecule has 1 aromatic carbocycles. The SMILES string of the molecule is C#CCCNC(=O)CCCc1ccccc1. The van der Waals surface area contributed by atoms with E-state index < -0.39 is 0 Å². The first-order valence-corrected chi connectivity index (χ1v) is 5.57. The molecule has 0 spiro atoms. The lowest BCUT2D eigenvalue weighted by Crippen LogP contribution is -2.23. The van der Waals surface area contributed by atoms with Crippen molar-refractivity contribution in [3.63, 3.8) is 0 Å². The third-order valence-corrected chi connectivity index (χ3v) is 2.30.